The van der Waals surface area contributed by atoms with Crippen molar-refractivity contribution in [2.75, 3.05) is 13.1 Å². The van der Waals surface area contributed by atoms with Crippen LogP contribution in [0.25, 0.3) is 16.8 Å². The summed E-state index contributed by atoms with van der Waals surface area (Å²) in [6.07, 6.45) is 1.18. The summed E-state index contributed by atoms with van der Waals surface area (Å²) in [5.41, 5.74) is 4.97. The lowest BCUT2D eigenvalue weighted by Crippen LogP contribution is -2.38. The number of aromatic hydroxyl groups is 1. The number of hydrogen-bond donors (Lipinski definition) is 1. The summed E-state index contributed by atoms with van der Waals surface area (Å²) in [4.78, 5) is 19.1. The van der Waals surface area contributed by atoms with Gasteiger partial charge in [-0.05, 0) is 43.0 Å². The number of piperidine rings is 1. The maximum absolute atomic E-state index is 12.5. The van der Waals surface area contributed by atoms with Gasteiger partial charge in [0.1, 0.15) is 6.61 Å². The van der Waals surface area contributed by atoms with Gasteiger partial charge in [-0.2, -0.15) is 9.61 Å². The highest BCUT2D eigenvalue weighted by atomic mass is 35.5. The second-order valence-corrected chi connectivity index (χ2v) is 8.98. The monoisotopic (exact) mass is 476 g/mol. The first-order valence-electron chi connectivity index (χ1n) is 11.3. The summed E-state index contributed by atoms with van der Waals surface area (Å²) in [5, 5.41) is 15.8. The maximum Gasteiger partial charge on any atom is 0.410 e. The number of carbonyl (C=O) groups is 1. The minimum absolute atomic E-state index is 0.0491. The fourth-order valence-corrected chi connectivity index (χ4v) is 4.58. The number of ether oxygens (including phenoxy) is 1. The zero-order chi connectivity index (χ0) is 23.7. The van der Waals surface area contributed by atoms with E-state index in [0.717, 1.165) is 40.9 Å². The molecule has 3 heterocycles. The lowest BCUT2D eigenvalue weighted by Gasteiger charge is -2.31. The molecule has 0 unspecified atom stereocenters. The van der Waals surface area contributed by atoms with Gasteiger partial charge in [0.2, 0.25) is 5.88 Å². The third-order valence-electron chi connectivity index (χ3n) is 6.27. The van der Waals surface area contributed by atoms with Crippen LogP contribution in [0.2, 0.25) is 5.02 Å². The van der Waals surface area contributed by atoms with Gasteiger partial charge in [0.25, 0.3) is 0 Å². The highest BCUT2D eigenvalue weighted by molar-refractivity contribution is 6.30. The molecule has 1 saturated heterocycles. The van der Waals surface area contributed by atoms with Crippen molar-refractivity contribution < 1.29 is 14.6 Å². The van der Waals surface area contributed by atoms with Crippen LogP contribution in [0, 0.1) is 6.92 Å². The fraction of sp³-hybridized carbons (Fsp3) is 0.269. The molecule has 1 N–H and O–H groups in total. The molecule has 1 amide bonds. The standard InChI is InChI=1S/C26H25ClN4O3/c1-17-24(20-7-9-21(27)10-8-20)25-28-22(15-23(32)31(25)29-17)19-11-13-30(14-12-19)26(33)34-16-18-5-3-2-4-6-18/h2-10,15,19,32H,11-14,16H2,1H3. The Morgan fingerprint density at radius 2 is 1.82 bits per heavy atom. The molecule has 4 aromatic rings. The molecule has 7 nitrogen and oxygen atoms in total. The normalized spacial score (nSPS) is 14.5. The lowest BCUT2D eigenvalue weighted by atomic mass is 9.93. The van der Waals surface area contributed by atoms with Crippen LogP contribution in [0.1, 0.15) is 35.7 Å². The fourth-order valence-electron chi connectivity index (χ4n) is 4.46. The summed E-state index contributed by atoms with van der Waals surface area (Å²) in [7, 11) is 0. The number of benzene rings is 2. The van der Waals surface area contributed by atoms with Crippen molar-refractivity contribution in [1.82, 2.24) is 19.5 Å². The molecule has 2 aromatic carbocycles. The lowest BCUT2D eigenvalue weighted by molar-refractivity contribution is 0.0868. The van der Waals surface area contributed by atoms with E-state index in [-0.39, 0.29) is 24.5 Å². The van der Waals surface area contributed by atoms with Crippen molar-refractivity contribution >= 4 is 23.3 Å². The van der Waals surface area contributed by atoms with Crippen LogP contribution < -0.4 is 0 Å². The smallest absolute Gasteiger partial charge is 0.410 e. The van der Waals surface area contributed by atoms with Gasteiger partial charge in [-0.15, -0.1) is 0 Å². The van der Waals surface area contributed by atoms with Gasteiger partial charge in [-0.3, -0.25) is 0 Å². The number of fused-ring (bicyclic) bond motifs is 1. The molecule has 1 aliphatic heterocycles. The van der Waals surface area contributed by atoms with E-state index < -0.39 is 0 Å². The Labute approximate surface area is 202 Å². The number of halogens is 1. The first kappa shape index (κ1) is 22.2. The predicted molar refractivity (Wildman–Crippen MR) is 130 cm³/mol. The van der Waals surface area contributed by atoms with Crippen LogP contribution in [0.15, 0.2) is 60.7 Å². The molecule has 1 aliphatic rings. The minimum Gasteiger partial charge on any atom is -0.493 e. The van der Waals surface area contributed by atoms with Crippen LogP contribution in [-0.4, -0.2) is 43.8 Å². The Morgan fingerprint density at radius 1 is 1.12 bits per heavy atom. The van der Waals surface area contributed by atoms with Crippen LogP contribution >= 0.6 is 11.6 Å². The number of rotatable bonds is 4. The molecule has 0 spiro atoms. The van der Waals surface area contributed by atoms with Gasteiger partial charge in [0.15, 0.2) is 5.65 Å². The van der Waals surface area contributed by atoms with Gasteiger partial charge in [0, 0.05) is 35.7 Å². The van der Waals surface area contributed by atoms with Crippen molar-refractivity contribution in [3.05, 3.63) is 82.6 Å². The molecule has 0 radical (unpaired) electrons. The van der Waals surface area contributed by atoms with Gasteiger partial charge in [-0.1, -0.05) is 54.1 Å². The molecule has 1 fully saturated rings. The highest BCUT2D eigenvalue weighted by Crippen LogP contribution is 2.34. The van der Waals surface area contributed by atoms with Crippen molar-refractivity contribution in [3.8, 4) is 17.0 Å². The Morgan fingerprint density at radius 3 is 2.53 bits per heavy atom. The number of nitrogens with zero attached hydrogens (tertiary/aromatic N) is 4. The second kappa shape index (κ2) is 9.35. The van der Waals surface area contributed by atoms with E-state index in [2.05, 4.69) is 5.10 Å². The van der Waals surface area contributed by atoms with Crippen molar-refractivity contribution in [2.45, 2.75) is 32.3 Å². The first-order valence-corrected chi connectivity index (χ1v) is 11.7. The molecular weight excluding hydrogens is 452 g/mol. The minimum atomic E-state index is -0.301. The van der Waals surface area contributed by atoms with E-state index in [1.807, 2.05) is 61.5 Å². The van der Waals surface area contributed by atoms with E-state index >= 15 is 0 Å². The van der Waals surface area contributed by atoms with E-state index in [1.54, 1.807) is 11.0 Å². The van der Waals surface area contributed by atoms with E-state index in [0.29, 0.717) is 23.8 Å². The molecule has 174 valence electrons. The summed E-state index contributed by atoms with van der Waals surface area (Å²) < 4.78 is 6.94. The number of hydrogen-bond acceptors (Lipinski definition) is 5. The molecule has 34 heavy (non-hydrogen) atoms. The quantitative estimate of drug-likeness (QED) is 0.416. The van der Waals surface area contributed by atoms with Crippen LogP contribution in [0.4, 0.5) is 4.79 Å². The molecule has 5 rings (SSSR count). The predicted octanol–water partition coefficient (Wildman–Crippen LogP) is 5.58. The number of carbonyl (C=O) groups excluding carboxylic acids is 1. The zero-order valence-electron chi connectivity index (χ0n) is 18.8. The summed E-state index contributed by atoms with van der Waals surface area (Å²) in [6.45, 7) is 3.32. The van der Waals surface area contributed by atoms with Gasteiger partial charge < -0.3 is 14.7 Å². The summed E-state index contributed by atoms with van der Waals surface area (Å²) in [5.74, 6) is 0.176. The molecule has 2 aromatic heterocycles. The summed E-state index contributed by atoms with van der Waals surface area (Å²) >= 11 is 6.05. The average molecular weight is 477 g/mol. The van der Waals surface area contributed by atoms with Gasteiger partial charge in [-0.25, -0.2) is 9.78 Å². The third-order valence-corrected chi connectivity index (χ3v) is 6.53. The molecular formula is C26H25ClN4O3. The third kappa shape index (κ3) is 4.43. The molecule has 0 bridgehead atoms. The van der Waals surface area contributed by atoms with Crippen molar-refractivity contribution in [1.29, 1.82) is 0 Å². The summed E-state index contributed by atoms with van der Waals surface area (Å²) in [6, 6.07) is 18.8. The largest absolute Gasteiger partial charge is 0.493 e. The second-order valence-electron chi connectivity index (χ2n) is 8.54. The van der Waals surface area contributed by atoms with Crippen LogP contribution in [0.5, 0.6) is 5.88 Å². The maximum atomic E-state index is 12.5. The topological polar surface area (TPSA) is 80.0 Å². The molecule has 8 heteroatoms. The van der Waals surface area contributed by atoms with Crippen molar-refractivity contribution in [2.24, 2.45) is 0 Å². The number of aryl methyl sites for hydroxylation is 1. The van der Waals surface area contributed by atoms with Crippen LogP contribution in [0.3, 0.4) is 0 Å². The Kier molecular flexibility index (Phi) is 6.11. The molecule has 0 saturated carbocycles. The Balaban J connectivity index is 1.32. The molecule has 0 atom stereocenters. The Hall–Kier alpha value is -3.58. The van der Waals surface area contributed by atoms with Crippen LogP contribution in [-0.2, 0) is 11.3 Å². The Bertz CT molecular complexity index is 1310. The van der Waals surface area contributed by atoms with Gasteiger partial charge >= 0.3 is 6.09 Å². The number of amides is 1. The SMILES string of the molecule is Cc1nn2c(O)cc(C3CCN(C(=O)OCc4ccccc4)CC3)nc2c1-c1ccc(Cl)cc1. The van der Waals surface area contributed by atoms with E-state index in [1.165, 1.54) is 4.52 Å². The van der Waals surface area contributed by atoms with Crippen molar-refractivity contribution in [3.63, 3.8) is 0 Å². The number of likely N-dealkylation sites (tertiary alicyclic amines) is 1. The average Bonchev–Trinajstić information content (AvgIpc) is 3.20. The van der Waals surface area contributed by atoms with Gasteiger partial charge in [0.05, 0.1) is 11.4 Å². The van der Waals surface area contributed by atoms with E-state index in [9.17, 15) is 9.90 Å². The van der Waals surface area contributed by atoms with E-state index in [4.69, 9.17) is 21.3 Å². The molecule has 0 aliphatic carbocycles. The first-order chi connectivity index (χ1) is 16.5. The zero-order valence-corrected chi connectivity index (χ0v) is 19.6. The number of aromatic nitrogens is 3. The highest BCUT2D eigenvalue weighted by Gasteiger charge is 2.27.